The van der Waals surface area contributed by atoms with Gasteiger partial charge in [0, 0.05) is 5.56 Å². The SMILES string of the molecule is CCOc1ccc(C2C(=C(O)c3ccccc3)C(=O)C(=O)N2c2nc3ccc(OC)cc3s2)cc1. The lowest BCUT2D eigenvalue weighted by Crippen LogP contribution is -2.29. The van der Waals surface area contributed by atoms with Gasteiger partial charge in [-0.05, 0) is 42.8 Å². The van der Waals surface area contributed by atoms with Crippen molar-refractivity contribution in [2.75, 3.05) is 18.6 Å². The van der Waals surface area contributed by atoms with Crippen LogP contribution in [0.2, 0.25) is 0 Å². The number of hydrogen-bond donors (Lipinski definition) is 1. The van der Waals surface area contributed by atoms with Crippen molar-refractivity contribution >= 4 is 44.1 Å². The smallest absolute Gasteiger partial charge is 0.301 e. The molecule has 1 aromatic heterocycles. The fourth-order valence-corrected chi connectivity index (χ4v) is 5.15. The Bertz CT molecular complexity index is 1440. The number of Topliss-reactive ketones (excluding diaryl/α,β-unsaturated/α-hetero) is 1. The van der Waals surface area contributed by atoms with Gasteiger partial charge in [-0.3, -0.25) is 14.5 Å². The largest absolute Gasteiger partial charge is 0.507 e. The van der Waals surface area contributed by atoms with Gasteiger partial charge in [0.15, 0.2) is 5.13 Å². The van der Waals surface area contributed by atoms with Crippen LogP contribution in [0.15, 0.2) is 78.4 Å². The van der Waals surface area contributed by atoms with Crippen LogP contribution < -0.4 is 14.4 Å². The third kappa shape index (κ3) is 4.02. The topological polar surface area (TPSA) is 89.0 Å². The number of methoxy groups -OCH3 is 1. The number of hydrogen-bond acceptors (Lipinski definition) is 7. The summed E-state index contributed by atoms with van der Waals surface area (Å²) in [4.78, 5) is 32.6. The molecule has 2 heterocycles. The standard InChI is InChI=1S/C27H22N2O5S/c1-3-34-18-11-9-16(10-12-18)23-22(24(30)17-7-5-4-6-8-17)25(31)26(32)29(23)27-28-20-14-13-19(33-2)15-21(20)35-27/h4-15,23,30H,3H2,1-2H3. The van der Waals surface area contributed by atoms with Crippen molar-refractivity contribution in [1.29, 1.82) is 0 Å². The van der Waals surface area contributed by atoms with E-state index in [1.807, 2.05) is 19.1 Å². The summed E-state index contributed by atoms with van der Waals surface area (Å²) in [5, 5.41) is 11.5. The Hall–Kier alpha value is -4.17. The number of fused-ring (bicyclic) bond motifs is 1. The third-order valence-corrected chi connectivity index (χ3v) is 6.81. The van der Waals surface area contributed by atoms with E-state index < -0.39 is 17.7 Å². The lowest BCUT2D eigenvalue weighted by atomic mass is 9.95. The van der Waals surface area contributed by atoms with Crippen LogP contribution in [0.3, 0.4) is 0 Å². The summed E-state index contributed by atoms with van der Waals surface area (Å²) < 4.78 is 11.7. The van der Waals surface area contributed by atoms with Gasteiger partial charge in [-0.25, -0.2) is 4.98 Å². The second-order valence-electron chi connectivity index (χ2n) is 7.87. The highest BCUT2D eigenvalue weighted by molar-refractivity contribution is 7.22. The van der Waals surface area contributed by atoms with Crippen molar-refractivity contribution < 1.29 is 24.2 Å². The number of aliphatic hydroxyl groups is 1. The third-order valence-electron chi connectivity index (χ3n) is 5.79. The molecule has 1 aliphatic heterocycles. The van der Waals surface area contributed by atoms with E-state index in [1.165, 1.54) is 16.2 Å². The molecular formula is C27H22N2O5S. The van der Waals surface area contributed by atoms with Gasteiger partial charge in [0.25, 0.3) is 5.78 Å². The maximum atomic E-state index is 13.4. The number of amides is 1. The summed E-state index contributed by atoms with van der Waals surface area (Å²) in [5.41, 5.74) is 1.81. The molecule has 0 spiro atoms. The molecule has 1 fully saturated rings. The van der Waals surface area contributed by atoms with Crippen molar-refractivity contribution in [1.82, 2.24) is 4.98 Å². The van der Waals surface area contributed by atoms with E-state index in [4.69, 9.17) is 9.47 Å². The molecule has 1 N–H and O–H groups in total. The number of nitrogens with zero attached hydrogens (tertiary/aromatic N) is 2. The lowest BCUT2D eigenvalue weighted by molar-refractivity contribution is -0.132. The van der Waals surface area contributed by atoms with Crippen molar-refractivity contribution in [3.05, 3.63) is 89.5 Å². The summed E-state index contributed by atoms with van der Waals surface area (Å²) in [5.74, 6) is -0.396. The molecule has 1 aliphatic rings. The molecular weight excluding hydrogens is 464 g/mol. The van der Waals surface area contributed by atoms with Crippen LogP contribution in [0, 0.1) is 0 Å². The Balaban J connectivity index is 1.69. The summed E-state index contributed by atoms with van der Waals surface area (Å²) in [6, 6.07) is 20.5. The first-order valence-corrected chi connectivity index (χ1v) is 11.9. The molecule has 1 amide bonds. The normalized spacial score (nSPS) is 17.2. The number of anilines is 1. The van der Waals surface area contributed by atoms with Crippen molar-refractivity contribution in [2.24, 2.45) is 0 Å². The van der Waals surface area contributed by atoms with Crippen LogP contribution in [0.5, 0.6) is 11.5 Å². The maximum Gasteiger partial charge on any atom is 0.301 e. The van der Waals surface area contributed by atoms with E-state index >= 15 is 0 Å². The van der Waals surface area contributed by atoms with Crippen LogP contribution in [0.25, 0.3) is 16.0 Å². The van der Waals surface area contributed by atoms with Gasteiger partial charge in [-0.2, -0.15) is 0 Å². The van der Waals surface area contributed by atoms with Crippen molar-refractivity contribution in [2.45, 2.75) is 13.0 Å². The Kier molecular flexibility index (Phi) is 5.96. The fourth-order valence-electron chi connectivity index (χ4n) is 4.13. The van der Waals surface area contributed by atoms with Crippen LogP contribution in [0.1, 0.15) is 24.1 Å². The highest BCUT2D eigenvalue weighted by atomic mass is 32.1. The Morgan fingerprint density at radius 1 is 1.03 bits per heavy atom. The molecule has 1 saturated heterocycles. The molecule has 4 aromatic rings. The molecule has 1 atom stereocenters. The Morgan fingerprint density at radius 3 is 2.43 bits per heavy atom. The van der Waals surface area contributed by atoms with Gasteiger partial charge >= 0.3 is 5.91 Å². The van der Waals surface area contributed by atoms with E-state index in [0.29, 0.717) is 39.9 Å². The minimum Gasteiger partial charge on any atom is -0.507 e. The number of thiazole rings is 1. The first kappa shape index (κ1) is 22.6. The first-order chi connectivity index (χ1) is 17.0. The Labute approximate surface area is 205 Å². The predicted octanol–water partition coefficient (Wildman–Crippen LogP) is 5.33. The zero-order chi connectivity index (χ0) is 24.5. The maximum absolute atomic E-state index is 13.4. The van der Waals surface area contributed by atoms with E-state index in [-0.39, 0.29) is 11.3 Å². The van der Waals surface area contributed by atoms with E-state index in [1.54, 1.807) is 67.8 Å². The van der Waals surface area contributed by atoms with Crippen LogP contribution in [0.4, 0.5) is 5.13 Å². The average molecular weight is 487 g/mol. The number of carbonyl (C=O) groups excluding carboxylic acids is 2. The van der Waals surface area contributed by atoms with Crippen LogP contribution in [-0.2, 0) is 9.59 Å². The molecule has 7 nitrogen and oxygen atoms in total. The minimum absolute atomic E-state index is 0.0159. The second kappa shape index (κ2) is 9.23. The van der Waals surface area contributed by atoms with Crippen LogP contribution >= 0.6 is 11.3 Å². The van der Waals surface area contributed by atoms with Gasteiger partial charge in [-0.15, -0.1) is 0 Å². The van der Waals surface area contributed by atoms with E-state index in [0.717, 1.165) is 4.70 Å². The average Bonchev–Trinajstić information content (AvgIpc) is 3.42. The zero-order valence-electron chi connectivity index (χ0n) is 19.1. The highest BCUT2D eigenvalue weighted by Crippen LogP contribution is 2.44. The molecule has 0 bridgehead atoms. The molecule has 3 aromatic carbocycles. The van der Waals surface area contributed by atoms with Gasteiger partial charge in [0.2, 0.25) is 0 Å². The van der Waals surface area contributed by atoms with Crippen LogP contribution in [-0.4, -0.2) is 35.5 Å². The Morgan fingerprint density at radius 2 is 1.74 bits per heavy atom. The number of aliphatic hydroxyl groups excluding tert-OH is 1. The molecule has 176 valence electrons. The number of ketones is 1. The summed E-state index contributed by atoms with van der Waals surface area (Å²) in [6.07, 6.45) is 0. The molecule has 0 radical (unpaired) electrons. The second-order valence-corrected chi connectivity index (χ2v) is 8.88. The van der Waals surface area contributed by atoms with Crippen molar-refractivity contribution in [3.63, 3.8) is 0 Å². The molecule has 8 heteroatoms. The molecule has 1 unspecified atom stereocenters. The predicted molar refractivity (Wildman–Crippen MR) is 135 cm³/mol. The number of carbonyl (C=O) groups is 2. The minimum atomic E-state index is -0.853. The summed E-state index contributed by atoms with van der Waals surface area (Å²) in [6.45, 7) is 2.41. The lowest BCUT2D eigenvalue weighted by Gasteiger charge is -2.23. The fraction of sp³-hybridized carbons (Fsp3) is 0.148. The summed E-state index contributed by atoms with van der Waals surface area (Å²) in [7, 11) is 1.58. The zero-order valence-corrected chi connectivity index (χ0v) is 19.9. The van der Waals surface area contributed by atoms with E-state index in [2.05, 4.69) is 4.98 Å². The highest BCUT2D eigenvalue weighted by Gasteiger charge is 2.48. The number of ether oxygens (including phenoxy) is 2. The first-order valence-electron chi connectivity index (χ1n) is 11.1. The number of rotatable bonds is 6. The monoisotopic (exact) mass is 486 g/mol. The molecule has 35 heavy (non-hydrogen) atoms. The van der Waals surface area contributed by atoms with Gasteiger partial charge in [0.1, 0.15) is 17.3 Å². The summed E-state index contributed by atoms with van der Waals surface area (Å²) >= 11 is 1.28. The molecule has 0 saturated carbocycles. The molecule has 0 aliphatic carbocycles. The van der Waals surface area contributed by atoms with Gasteiger partial charge < -0.3 is 14.6 Å². The van der Waals surface area contributed by atoms with Crippen molar-refractivity contribution in [3.8, 4) is 11.5 Å². The quantitative estimate of drug-likeness (QED) is 0.225. The van der Waals surface area contributed by atoms with Gasteiger partial charge in [0.05, 0.1) is 35.5 Å². The van der Waals surface area contributed by atoms with Gasteiger partial charge in [-0.1, -0.05) is 53.8 Å². The number of aromatic nitrogens is 1. The number of benzene rings is 3. The van der Waals surface area contributed by atoms with E-state index in [9.17, 15) is 14.7 Å². The molecule has 5 rings (SSSR count).